The summed E-state index contributed by atoms with van der Waals surface area (Å²) in [6, 6.07) is 4.75. The molecule has 1 aromatic rings. The molecule has 1 aromatic carbocycles. The second-order valence-electron chi connectivity index (χ2n) is 5.50. The van der Waals surface area contributed by atoms with E-state index in [1.165, 1.54) is 6.08 Å². The Balaban J connectivity index is 1.93. The van der Waals surface area contributed by atoms with Crippen LogP contribution in [0.15, 0.2) is 49.6 Å². The van der Waals surface area contributed by atoms with Gasteiger partial charge in [-0.2, -0.15) is 0 Å². The van der Waals surface area contributed by atoms with E-state index in [-0.39, 0.29) is 18.6 Å². The summed E-state index contributed by atoms with van der Waals surface area (Å²) in [5, 5.41) is 2.66. The molecule has 0 radical (unpaired) electrons. The van der Waals surface area contributed by atoms with Crippen molar-refractivity contribution in [2.45, 2.75) is 13.0 Å². The minimum absolute atomic E-state index is 0.190. The molecule has 2 amide bonds. The summed E-state index contributed by atoms with van der Waals surface area (Å²) >= 11 is 0. The molecule has 1 N–H and O–H groups in total. The SMILES string of the molecule is C=CCN(CC=C)C(=O)C(C)NC(=O)/C=C/c1ccc2c(c1)OCO2. The van der Waals surface area contributed by atoms with Crippen LogP contribution in [0.4, 0.5) is 0 Å². The molecule has 2 rings (SSSR count). The number of carbonyl (C=O) groups excluding carboxylic acids is 2. The molecule has 6 heteroatoms. The lowest BCUT2D eigenvalue weighted by Gasteiger charge is -2.23. The number of carbonyl (C=O) groups is 2. The molecule has 1 heterocycles. The maximum Gasteiger partial charge on any atom is 0.245 e. The Labute approximate surface area is 147 Å². The van der Waals surface area contributed by atoms with Gasteiger partial charge in [-0.05, 0) is 30.7 Å². The molecule has 1 atom stereocenters. The molecule has 0 saturated carbocycles. The third-order valence-corrected chi connectivity index (χ3v) is 3.56. The number of ether oxygens (including phenoxy) is 2. The third-order valence-electron chi connectivity index (χ3n) is 3.56. The van der Waals surface area contributed by atoms with Crippen molar-refractivity contribution in [3.63, 3.8) is 0 Å². The van der Waals surface area contributed by atoms with Crippen LogP contribution < -0.4 is 14.8 Å². The summed E-state index contributed by atoms with van der Waals surface area (Å²) in [5.41, 5.74) is 0.804. The smallest absolute Gasteiger partial charge is 0.245 e. The molecule has 6 nitrogen and oxygen atoms in total. The van der Waals surface area contributed by atoms with Gasteiger partial charge in [-0.15, -0.1) is 13.2 Å². The molecule has 0 aliphatic carbocycles. The van der Waals surface area contributed by atoms with Gasteiger partial charge >= 0.3 is 0 Å². The zero-order chi connectivity index (χ0) is 18.2. The topological polar surface area (TPSA) is 67.9 Å². The van der Waals surface area contributed by atoms with Gasteiger partial charge in [0.1, 0.15) is 6.04 Å². The predicted molar refractivity (Wildman–Crippen MR) is 96.2 cm³/mol. The summed E-state index contributed by atoms with van der Waals surface area (Å²) in [7, 11) is 0. The minimum Gasteiger partial charge on any atom is -0.454 e. The van der Waals surface area contributed by atoms with Crippen LogP contribution in [0.2, 0.25) is 0 Å². The molecule has 1 aliphatic heterocycles. The van der Waals surface area contributed by atoms with Crippen LogP contribution in [-0.4, -0.2) is 42.6 Å². The molecule has 0 spiro atoms. The Bertz CT molecular complexity index is 687. The van der Waals surface area contributed by atoms with Gasteiger partial charge in [0.05, 0.1) is 0 Å². The van der Waals surface area contributed by atoms with Gasteiger partial charge in [0.15, 0.2) is 11.5 Å². The van der Waals surface area contributed by atoms with E-state index in [2.05, 4.69) is 18.5 Å². The maximum atomic E-state index is 12.3. The second kappa shape index (κ2) is 8.73. The fourth-order valence-corrected chi connectivity index (χ4v) is 2.35. The standard InChI is InChI=1S/C19H22N2O4/c1-4-10-21(11-5-2)19(23)14(3)20-18(22)9-7-15-6-8-16-17(12-15)25-13-24-16/h4-9,12,14H,1-2,10-11,13H2,3H3,(H,20,22)/b9-7+. The van der Waals surface area contributed by atoms with Gasteiger partial charge < -0.3 is 19.7 Å². The van der Waals surface area contributed by atoms with Crippen molar-refractivity contribution in [1.29, 1.82) is 0 Å². The first kappa shape index (κ1) is 18.3. The van der Waals surface area contributed by atoms with Gasteiger partial charge in [-0.25, -0.2) is 0 Å². The van der Waals surface area contributed by atoms with Crippen LogP contribution in [0.3, 0.4) is 0 Å². The molecular weight excluding hydrogens is 320 g/mol. The Hall–Kier alpha value is -3.02. The van der Waals surface area contributed by atoms with E-state index in [0.717, 1.165) is 5.56 Å². The van der Waals surface area contributed by atoms with Crippen molar-refractivity contribution in [3.05, 3.63) is 55.1 Å². The van der Waals surface area contributed by atoms with Crippen molar-refractivity contribution in [2.24, 2.45) is 0 Å². The van der Waals surface area contributed by atoms with Crippen LogP contribution in [0, 0.1) is 0 Å². The van der Waals surface area contributed by atoms with Gasteiger partial charge in [0.25, 0.3) is 0 Å². The summed E-state index contributed by atoms with van der Waals surface area (Å²) in [5.74, 6) is 0.793. The van der Waals surface area contributed by atoms with Crippen LogP contribution in [0.5, 0.6) is 11.5 Å². The first-order valence-corrected chi connectivity index (χ1v) is 7.94. The van der Waals surface area contributed by atoms with E-state index < -0.39 is 6.04 Å². The molecule has 25 heavy (non-hydrogen) atoms. The van der Waals surface area contributed by atoms with E-state index >= 15 is 0 Å². The number of hydrogen-bond donors (Lipinski definition) is 1. The van der Waals surface area contributed by atoms with Gasteiger partial charge in [-0.1, -0.05) is 18.2 Å². The molecule has 1 aliphatic rings. The molecule has 0 saturated heterocycles. The zero-order valence-electron chi connectivity index (χ0n) is 14.2. The molecular formula is C19H22N2O4. The number of fused-ring (bicyclic) bond motifs is 1. The highest BCUT2D eigenvalue weighted by atomic mass is 16.7. The van der Waals surface area contributed by atoms with Crippen LogP contribution in [0.25, 0.3) is 6.08 Å². The molecule has 1 unspecified atom stereocenters. The summed E-state index contributed by atoms with van der Waals surface area (Å²) < 4.78 is 10.5. The average molecular weight is 342 g/mol. The number of rotatable bonds is 8. The van der Waals surface area contributed by atoms with E-state index in [1.54, 1.807) is 42.2 Å². The molecule has 132 valence electrons. The largest absolute Gasteiger partial charge is 0.454 e. The van der Waals surface area contributed by atoms with Crippen molar-refractivity contribution >= 4 is 17.9 Å². The highest BCUT2D eigenvalue weighted by Gasteiger charge is 2.19. The molecule has 0 aromatic heterocycles. The lowest BCUT2D eigenvalue weighted by atomic mass is 10.2. The van der Waals surface area contributed by atoms with Crippen molar-refractivity contribution < 1.29 is 19.1 Å². The maximum absolute atomic E-state index is 12.3. The minimum atomic E-state index is -0.645. The van der Waals surface area contributed by atoms with E-state index in [0.29, 0.717) is 24.6 Å². The number of amides is 2. The monoisotopic (exact) mass is 342 g/mol. The highest BCUT2D eigenvalue weighted by molar-refractivity contribution is 5.95. The Morgan fingerprint density at radius 2 is 1.92 bits per heavy atom. The highest BCUT2D eigenvalue weighted by Crippen LogP contribution is 2.32. The van der Waals surface area contributed by atoms with Gasteiger partial charge in [-0.3, -0.25) is 9.59 Å². The van der Waals surface area contributed by atoms with Crippen LogP contribution in [0.1, 0.15) is 12.5 Å². The molecule has 0 fully saturated rings. The molecule has 0 bridgehead atoms. The van der Waals surface area contributed by atoms with E-state index in [9.17, 15) is 9.59 Å². The fraction of sp³-hybridized carbons (Fsp3) is 0.263. The predicted octanol–water partition coefficient (Wildman–Crippen LogP) is 2.13. The Morgan fingerprint density at radius 1 is 1.24 bits per heavy atom. The lowest BCUT2D eigenvalue weighted by Crippen LogP contribution is -2.46. The van der Waals surface area contributed by atoms with Crippen LogP contribution >= 0.6 is 0 Å². The summed E-state index contributed by atoms with van der Waals surface area (Å²) in [6.07, 6.45) is 6.30. The van der Waals surface area contributed by atoms with E-state index in [1.807, 2.05) is 6.07 Å². The van der Waals surface area contributed by atoms with Crippen LogP contribution in [-0.2, 0) is 9.59 Å². The van der Waals surface area contributed by atoms with Gasteiger partial charge in [0, 0.05) is 19.2 Å². The first-order chi connectivity index (χ1) is 12.0. The van der Waals surface area contributed by atoms with Crippen molar-refractivity contribution in [2.75, 3.05) is 19.9 Å². The van der Waals surface area contributed by atoms with Gasteiger partial charge in [0.2, 0.25) is 18.6 Å². The zero-order valence-corrected chi connectivity index (χ0v) is 14.2. The fourth-order valence-electron chi connectivity index (χ4n) is 2.35. The van der Waals surface area contributed by atoms with E-state index in [4.69, 9.17) is 9.47 Å². The normalized spacial score (nSPS) is 13.3. The van der Waals surface area contributed by atoms with Crippen molar-refractivity contribution in [1.82, 2.24) is 10.2 Å². The third kappa shape index (κ3) is 4.97. The number of nitrogens with zero attached hydrogens (tertiary/aromatic N) is 1. The average Bonchev–Trinajstić information content (AvgIpc) is 3.06. The first-order valence-electron chi connectivity index (χ1n) is 7.94. The Morgan fingerprint density at radius 3 is 2.60 bits per heavy atom. The number of hydrogen-bond acceptors (Lipinski definition) is 4. The number of nitrogens with one attached hydrogen (secondary N) is 1. The summed E-state index contributed by atoms with van der Waals surface area (Å²) in [4.78, 5) is 25.9. The summed E-state index contributed by atoms with van der Waals surface area (Å²) in [6.45, 7) is 9.91. The quantitative estimate of drug-likeness (QED) is 0.580. The second-order valence-corrected chi connectivity index (χ2v) is 5.50. The van der Waals surface area contributed by atoms with Crippen molar-refractivity contribution in [3.8, 4) is 11.5 Å². The number of benzene rings is 1. The lowest BCUT2D eigenvalue weighted by molar-refractivity contribution is -0.134. The Kier molecular flexibility index (Phi) is 6.39.